The summed E-state index contributed by atoms with van der Waals surface area (Å²) in [6, 6.07) is 10.8. The van der Waals surface area contributed by atoms with Gasteiger partial charge in [0.25, 0.3) is 0 Å². The minimum Gasteiger partial charge on any atom is -0.492 e. The first-order valence-corrected chi connectivity index (χ1v) is 6.37. The summed E-state index contributed by atoms with van der Waals surface area (Å²) in [5.41, 5.74) is 0.605. The quantitative estimate of drug-likeness (QED) is 0.720. The molecule has 0 bridgehead atoms. The highest BCUT2D eigenvalue weighted by atomic mass is 35.5. The molecule has 2 aromatic heterocycles. The van der Waals surface area contributed by atoms with Crippen LogP contribution in [-0.2, 0) is 0 Å². The summed E-state index contributed by atoms with van der Waals surface area (Å²) in [6.07, 6.45) is 0. The summed E-state index contributed by atoms with van der Waals surface area (Å²) < 4.78 is 6.92. The third-order valence-electron chi connectivity index (χ3n) is 2.56. The molecule has 0 atom stereocenters. The van der Waals surface area contributed by atoms with Gasteiger partial charge in [-0.1, -0.05) is 11.6 Å². The fourth-order valence-electron chi connectivity index (χ4n) is 1.62. The normalized spacial score (nSPS) is 10.7. The Kier molecular flexibility index (Phi) is 3.60. The van der Waals surface area contributed by atoms with Crippen molar-refractivity contribution in [2.45, 2.75) is 0 Å². The monoisotopic (exact) mass is 290 g/mol. The molecule has 0 saturated carbocycles. The van der Waals surface area contributed by atoms with Gasteiger partial charge in [-0.05, 0) is 46.8 Å². The number of aromatic nitrogens is 5. The zero-order chi connectivity index (χ0) is 13.8. The number of nitrogens with zero attached hydrogens (tertiary/aromatic N) is 5. The first-order valence-electron chi connectivity index (χ1n) is 5.99. The van der Waals surface area contributed by atoms with E-state index >= 15 is 0 Å². The lowest BCUT2D eigenvalue weighted by molar-refractivity contribution is 0.332. The van der Waals surface area contributed by atoms with Crippen molar-refractivity contribution in [3.8, 4) is 5.75 Å². The summed E-state index contributed by atoms with van der Waals surface area (Å²) in [5, 5.41) is 19.0. The van der Waals surface area contributed by atoms with Crippen LogP contribution in [0, 0.1) is 0 Å². The van der Waals surface area contributed by atoms with Crippen LogP contribution in [0.15, 0.2) is 36.4 Å². The molecule has 0 aliphatic rings. The largest absolute Gasteiger partial charge is 0.492 e. The highest BCUT2D eigenvalue weighted by Crippen LogP contribution is 2.15. The molecule has 0 radical (unpaired) electrons. The van der Waals surface area contributed by atoms with E-state index < -0.39 is 0 Å². The number of tetrazole rings is 1. The summed E-state index contributed by atoms with van der Waals surface area (Å²) in [7, 11) is 0. The molecule has 0 saturated heterocycles. The molecule has 3 rings (SSSR count). The minimum absolute atomic E-state index is 0.511. The van der Waals surface area contributed by atoms with E-state index in [1.807, 2.05) is 18.2 Å². The maximum atomic E-state index is 5.80. The van der Waals surface area contributed by atoms with Crippen LogP contribution in [0.2, 0.25) is 5.02 Å². The molecule has 7 nitrogen and oxygen atoms in total. The lowest BCUT2D eigenvalue weighted by Crippen LogP contribution is -2.13. The Hall–Kier alpha value is -2.41. The molecule has 0 amide bonds. The van der Waals surface area contributed by atoms with Crippen molar-refractivity contribution in [1.29, 1.82) is 0 Å². The maximum Gasteiger partial charge on any atom is 0.200 e. The first kappa shape index (κ1) is 12.6. The number of fused-ring (bicyclic) bond motifs is 1. The Balaban J connectivity index is 1.50. The number of anilines is 1. The summed E-state index contributed by atoms with van der Waals surface area (Å²) in [6.45, 7) is 1.13. The highest BCUT2D eigenvalue weighted by molar-refractivity contribution is 6.30. The Morgan fingerprint density at radius 3 is 2.85 bits per heavy atom. The van der Waals surface area contributed by atoms with Crippen LogP contribution in [0.3, 0.4) is 0 Å². The molecule has 20 heavy (non-hydrogen) atoms. The summed E-state index contributed by atoms with van der Waals surface area (Å²) in [4.78, 5) is 0. The van der Waals surface area contributed by atoms with Gasteiger partial charge >= 0.3 is 0 Å². The maximum absolute atomic E-state index is 5.80. The Morgan fingerprint density at radius 1 is 1.15 bits per heavy atom. The van der Waals surface area contributed by atoms with E-state index in [9.17, 15) is 0 Å². The molecule has 0 aliphatic carbocycles. The van der Waals surface area contributed by atoms with E-state index in [1.165, 1.54) is 4.63 Å². The minimum atomic E-state index is 0.511. The average Bonchev–Trinajstić information content (AvgIpc) is 2.93. The van der Waals surface area contributed by atoms with Gasteiger partial charge in [0.1, 0.15) is 18.2 Å². The Labute approximate surface area is 119 Å². The number of ether oxygens (including phenoxy) is 1. The van der Waals surface area contributed by atoms with Gasteiger partial charge in [-0.25, -0.2) is 0 Å². The van der Waals surface area contributed by atoms with Gasteiger partial charge in [-0.2, -0.15) is 0 Å². The van der Waals surface area contributed by atoms with E-state index in [2.05, 4.69) is 25.9 Å². The number of nitrogens with one attached hydrogen (secondary N) is 1. The third-order valence-corrected chi connectivity index (χ3v) is 2.81. The highest BCUT2D eigenvalue weighted by Gasteiger charge is 2.00. The van der Waals surface area contributed by atoms with E-state index in [0.717, 1.165) is 5.75 Å². The molecule has 1 N–H and O–H groups in total. The van der Waals surface area contributed by atoms with Crippen LogP contribution in [-0.4, -0.2) is 38.4 Å². The van der Waals surface area contributed by atoms with Gasteiger partial charge in [-0.3, -0.25) is 0 Å². The number of halogens is 1. The van der Waals surface area contributed by atoms with Crippen molar-refractivity contribution in [2.24, 2.45) is 0 Å². The van der Waals surface area contributed by atoms with Gasteiger partial charge in [0, 0.05) is 5.02 Å². The van der Waals surface area contributed by atoms with E-state index in [4.69, 9.17) is 16.3 Å². The van der Waals surface area contributed by atoms with Gasteiger partial charge in [0.15, 0.2) is 5.65 Å². The van der Waals surface area contributed by atoms with Gasteiger partial charge in [0.2, 0.25) is 0 Å². The van der Waals surface area contributed by atoms with Crippen LogP contribution >= 0.6 is 11.6 Å². The topological polar surface area (TPSA) is 77.2 Å². The van der Waals surface area contributed by atoms with Crippen LogP contribution in [0.5, 0.6) is 5.75 Å². The SMILES string of the molecule is Clc1ccc(OCCNc2ccc3nnnn3n2)cc1. The van der Waals surface area contributed by atoms with Gasteiger partial charge in [0.05, 0.1) is 6.54 Å². The number of hydrogen-bond acceptors (Lipinski definition) is 6. The molecule has 2 heterocycles. The second-order valence-electron chi connectivity index (χ2n) is 3.97. The molecule has 3 aromatic rings. The second-order valence-corrected chi connectivity index (χ2v) is 4.41. The van der Waals surface area contributed by atoms with Crippen molar-refractivity contribution in [1.82, 2.24) is 25.3 Å². The van der Waals surface area contributed by atoms with Crippen molar-refractivity contribution < 1.29 is 4.74 Å². The molecule has 0 fully saturated rings. The molecule has 102 valence electrons. The Bertz CT molecular complexity index is 698. The van der Waals surface area contributed by atoms with Crippen molar-refractivity contribution in [3.63, 3.8) is 0 Å². The smallest absolute Gasteiger partial charge is 0.200 e. The number of benzene rings is 1. The average molecular weight is 291 g/mol. The standard InChI is InChI=1S/C12H11ClN6O/c13-9-1-3-10(4-2-9)20-8-7-14-11-5-6-12-15-17-18-19(12)16-11/h1-6H,7-8H2,(H,14,16). The number of hydrogen-bond donors (Lipinski definition) is 1. The predicted octanol–water partition coefficient (Wildman–Crippen LogP) is 1.66. The molecular formula is C12H11ClN6O. The van der Waals surface area contributed by atoms with Gasteiger partial charge in [-0.15, -0.1) is 14.8 Å². The molecule has 8 heteroatoms. The Morgan fingerprint density at radius 2 is 2.00 bits per heavy atom. The van der Waals surface area contributed by atoms with Crippen molar-refractivity contribution in [3.05, 3.63) is 41.4 Å². The molecular weight excluding hydrogens is 280 g/mol. The van der Waals surface area contributed by atoms with E-state index in [1.54, 1.807) is 18.2 Å². The lowest BCUT2D eigenvalue weighted by Gasteiger charge is -2.07. The number of rotatable bonds is 5. The lowest BCUT2D eigenvalue weighted by atomic mass is 10.3. The predicted molar refractivity (Wildman–Crippen MR) is 74.0 cm³/mol. The zero-order valence-electron chi connectivity index (χ0n) is 10.4. The van der Waals surface area contributed by atoms with Crippen LogP contribution in [0.25, 0.3) is 5.65 Å². The van der Waals surface area contributed by atoms with E-state index in [-0.39, 0.29) is 0 Å². The zero-order valence-corrected chi connectivity index (χ0v) is 11.2. The molecule has 0 spiro atoms. The summed E-state index contributed by atoms with van der Waals surface area (Å²) >= 11 is 5.80. The van der Waals surface area contributed by atoms with Gasteiger partial charge < -0.3 is 10.1 Å². The molecule has 0 unspecified atom stereocenters. The second kappa shape index (κ2) is 5.70. The fourth-order valence-corrected chi connectivity index (χ4v) is 1.75. The summed E-state index contributed by atoms with van der Waals surface area (Å²) in [5.74, 6) is 1.46. The van der Waals surface area contributed by atoms with Crippen LogP contribution < -0.4 is 10.1 Å². The molecule has 0 aliphatic heterocycles. The van der Waals surface area contributed by atoms with Crippen LogP contribution in [0.4, 0.5) is 5.82 Å². The van der Waals surface area contributed by atoms with E-state index in [0.29, 0.717) is 29.6 Å². The van der Waals surface area contributed by atoms with Crippen LogP contribution in [0.1, 0.15) is 0 Å². The molecule has 1 aromatic carbocycles. The first-order chi connectivity index (χ1) is 9.81. The van der Waals surface area contributed by atoms with Crippen molar-refractivity contribution in [2.75, 3.05) is 18.5 Å². The fraction of sp³-hybridized carbons (Fsp3) is 0.167. The third kappa shape index (κ3) is 2.94. The van der Waals surface area contributed by atoms with Crippen molar-refractivity contribution >= 4 is 23.1 Å².